The number of aliphatic hydroxyl groups is 1. The Morgan fingerprint density at radius 1 is 0.806 bits per heavy atom. The molecule has 0 fully saturated rings. The first-order valence-electron chi connectivity index (χ1n) is 10.2. The van der Waals surface area contributed by atoms with E-state index >= 15 is 0 Å². The zero-order valence-corrected chi connectivity index (χ0v) is 19.0. The molecular weight excluding hydrogens is 440 g/mol. The second-order valence-corrected chi connectivity index (χ2v) is 6.46. The molecule has 0 heterocycles. The van der Waals surface area contributed by atoms with Gasteiger partial charge in [-0.15, -0.1) is 20.2 Å². The first-order chi connectivity index (χ1) is 14.7. The Morgan fingerprint density at radius 2 is 1.29 bits per heavy atom. The summed E-state index contributed by atoms with van der Waals surface area (Å²) in [6.45, 7) is 4.20. The Kier molecular flexibility index (Phi) is 30.0. The lowest BCUT2D eigenvalue weighted by Crippen LogP contribution is -2.09. The summed E-state index contributed by atoms with van der Waals surface area (Å²) >= 11 is 5.07. The molecule has 0 spiro atoms. The van der Waals surface area contributed by atoms with Gasteiger partial charge in [-0.05, 0) is 30.9 Å². The zero-order valence-electron chi connectivity index (χ0n) is 18.3. The van der Waals surface area contributed by atoms with Gasteiger partial charge in [0.2, 0.25) is 5.24 Å². The lowest BCUT2D eigenvalue weighted by atomic mass is 10.2. The maximum absolute atomic E-state index is 11.0. The van der Waals surface area contributed by atoms with E-state index in [2.05, 4.69) is 23.5 Å². The van der Waals surface area contributed by atoms with E-state index in [9.17, 15) is 29.8 Å². The van der Waals surface area contributed by atoms with Crippen LogP contribution in [0.1, 0.15) is 78.1 Å². The monoisotopic (exact) mass is 474 g/mol. The Hall–Kier alpha value is -2.21. The van der Waals surface area contributed by atoms with Gasteiger partial charge >= 0.3 is 5.97 Å². The third kappa shape index (κ3) is 42.8. The molecule has 0 unspecified atom stereocenters. The van der Waals surface area contributed by atoms with Crippen LogP contribution in [0.3, 0.4) is 0 Å². The van der Waals surface area contributed by atoms with Crippen LogP contribution >= 0.6 is 11.6 Å². The number of ether oxygens (including phenoxy) is 1. The van der Waals surface area contributed by atoms with Crippen molar-refractivity contribution in [2.24, 2.45) is 0 Å². The average molecular weight is 475 g/mol. The summed E-state index contributed by atoms with van der Waals surface area (Å²) in [6.07, 6.45) is 7.71. The molecule has 0 aliphatic rings. The standard InChI is InChI=1S/C9H17NO5.C6H11ClO.C3H7NO4/c1-2-3-4-6-9(11)14-7-5-8-15-10(12)13;1-2-3-4-5-6(7)8;5-2-1-3-8-4(6)7/h2-8H2,1H3;2-5H2,1H3;5H,1-3H2. The molecule has 184 valence electrons. The minimum atomic E-state index is -0.879. The van der Waals surface area contributed by atoms with Crippen LogP contribution in [0, 0.1) is 20.2 Å². The molecule has 13 heteroatoms. The Morgan fingerprint density at radius 3 is 1.71 bits per heavy atom. The summed E-state index contributed by atoms with van der Waals surface area (Å²) in [4.78, 5) is 48.1. The van der Waals surface area contributed by atoms with Gasteiger partial charge in [0.05, 0.1) is 19.8 Å². The number of esters is 1. The quantitative estimate of drug-likeness (QED) is 0.108. The number of carbonyl (C=O) groups excluding carboxylic acids is 2. The van der Waals surface area contributed by atoms with Gasteiger partial charge in [0.15, 0.2) is 0 Å². The van der Waals surface area contributed by atoms with Gasteiger partial charge in [-0.25, -0.2) is 0 Å². The minimum Gasteiger partial charge on any atom is -0.466 e. The summed E-state index contributed by atoms with van der Waals surface area (Å²) in [7, 11) is 0. The topological polar surface area (TPSA) is 168 Å². The molecule has 0 atom stereocenters. The van der Waals surface area contributed by atoms with Gasteiger partial charge in [0.25, 0.3) is 10.2 Å². The van der Waals surface area contributed by atoms with Gasteiger partial charge in [0.1, 0.15) is 0 Å². The fourth-order valence-corrected chi connectivity index (χ4v) is 1.83. The number of hydrogen-bond donors (Lipinski definition) is 1. The normalized spacial score (nSPS) is 9.29. The van der Waals surface area contributed by atoms with Crippen LogP contribution in [-0.2, 0) is 24.0 Å². The van der Waals surface area contributed by atoms with E-state index in [1.807, 2.05) is 0 Å². The van der Waals surface area contributed by atoms with Crippen LogP contribution < -0.4 is 0 Å². The molecule has 1 N–H and O–H groups in total. The van der Waals surface area contributed by atoms with Gasteiger partial charge in [-0.3, -0.25) is 9.59 Å². The van der Waals surface area contributed by atoms with Gasteiger partial charge in [-0.1, -0.05) is 39.5 Å². The van der Waals surface area contributed by atoms with Gasteiger partial charge < -0.3 is 19.5 Å². The highest BCUT2D eigenvalue weighted by Gasteiger charge is 2.02. The SMILES string of the molecule is CCCCCC(=O)Cl.CCCCCC(=O)OCCCO[N+](=O)[O-].O=[N+]([O-])OCCCO. The van der Waals surface area contributed by atoms with Gasteiger partial charge in [-0.2, -0.15) is 0 Å². The number of aliphatic hydroxyl groups excluding tert-OH is 1. The molecule has 31 heavy (non-hydrogen) atoms. The number of nitrogens with zero attached hydrogens (tertiary/aromatic N) is 2. The fourth-order valence-electron chi connectivity index (χ4n) is 1.69. The van der Waals surface area contributed by atoms with Crippen LogP contribution in [0.15, 0.2) is 0 Å². The average Bonchev–Trinajstić information content (AvgIpc) is 2.69. The number of halogens is 1. The van der Waals surface area contributed by atoms with Crippen LogP contribution in [0.4, 0.5) is 0 Å². The molecular formula is C18H35ClN2O10. The first kappa shape index (κ1) is 33.4. The predicted molar refractivity (Wildman–Crippen MR) is 112 cm³/mol. The van der Waals surface area contributed by atoms with Crippen molar-refractivity contribution >= 4 is 22.8 Å². The summed E-state index contributed by atoms with van der Waals surface area (Å²) in [6, 6.07) is 0. The Balaban J connectivity index is -0.000000415. The van der Waals surface area contributed by atoms with Crippen LogP contribution in [0.25, 0.3) is 0 Å². The van der Waals surface area contributed by atoms with Crippen molar-refractivity contribution in [1.29, 1.82) is 0 Å². The van der Waals surface area contributed by atoms with E-state index < -0.39 is 10.2 Å². The summed E-state index contributed by atoms with van der Waals surface area (Å²) in [5, 5.41) is 25.3. The molecule has 0 aliphatic heterocycles. The first-order valence-corrected chi connectivity index (χ1v) is 10.6. The van der Waals surface area contributed by atoms with Gasteiger partial charge in [0, 0.05) is 25.9 Å². The van der Waals surface area contributed by atoms with E-state index in [1.165, 1.54) is 0 Å². The lowest BCUT2D eigenvalue weighted by Gasteiger charge is -2.03. The fraction of sp³-hybridized carbons (Fsp3) is 0.889. The van der Waals surface area contributed by atoms with Crippen LogP contribution in [0.5, 0.6) is 0 Å². The highest BCUT2D eigenvalue weighted by molar-refractivity contribution is 6.63. The molecule has 0 aromatic carbocycles. The van der Waals surface area contributed by atoms with Crippen molar-refractivity contribution in [2.75, 3.05) is 26.4 Å². The maximum Gasteiger partial charge on any atom is 0.305 e. The van der Waals surface area contributed by atoms with Crippen LogP contribution in [-0.4, -0.2) is 52.9 Å². The molecule has 0 saturated carbocycles. The second kappa shape index (κ2) is 27.8. The predicted octanol–water partition coefficient (Wildman–Crippen LogP) is 3.62. The molecule has 0 aliphatic carbocycles. The molecule has 0 saturated heterocycles. The highest BCUT2D eigenvalue weighted by atomic mass is 35.5. The van der Waals surface area contributed by atoms with E-state index in [1.54, 1.807) is 0 Å². The van der Waals surface area contributed by atoms with Crippen molar-refractivity contribution in [1.82, 2.24) is 0 Å². The number of carbonyl (C=O) groups is 2. The molecule has 0 aromatic rings. The number of hydrogen-bond acceptors (Lipinski definition) is 10. The summed E-state index contributed by atoms with van der Waals surface area (Å²) in [5.74, 6) is -0.246. The molecule has 12 nitrogen and oxygen atoms in total. The molecule has 0 rings (SSSR count). The van der Waals surface area contributed by atoms with Crippen LogP contribution in [0.2, 0.25) is 0 Å². The van der Waals surface area contributed by atoms with E-state index in [0.29, 0.717) is 25.7 Å². The molecule has 0 amide bonds. The number of rotatable bonds is 17. The van der Waals surface area contributed by atoms with Crippen molar-refractivity contribution in [2.45, 2.75) is 78.1 Å². The Bertz CT molecular complexity index is 447. The zero-order chi connectivity index (χ0) is 24.3. The van der Waals surface area contributed by atoms with E-state index in [0.717, 1.165) is 38.5 Å². The lowest BCUT2D eigenvalue weighted by molar-refractivity contribution is -0.757. The second-order valence-electron chi connectivity index (χ2n) is 6.03. The Labute approximate surface area is 187 Å². The van der Waals surface area contributed by atoms with Crippen molar-refractivity contribution < 1.29 is 39.3 Å². The van der Waals surface area contributed by atoms with E-state index in [4.69, 9.17) is 21.4 Å². The minimum absolute atomic E-state index is 0.0243. The third-order valence-electron chi connectivity index (χ3n) is 3.21. The van der Waals surface area contributed by atoms with Crippen molar-refractivity contribution in [3.05, 3.63) is 20.2 Å². The summed E-state index contributed by atoms with van der Waals surface area (Å²) < 4.78 is 4.83. The highest BCUT2D eigenvalue weighted by Crippen LogP contribution is 2.01. The van der Waals surface area contributed by atoms with E-state index in [-0.39, 0.29) is 37.6 Å². The van der Waals surface area contributed by atoms with Crippen molar-refractivity contribution in [3.63, 3.8) is 0 Å². The maximum atomic E-state index is 11.0. The molecule has 0 aromatic heterocycles. The summed E-state index contributed by atoms with van der Waals surface area (Å²) in [5.41, 5.74) is 0. The molecule has 0 bridgehead atoms. The van der Waals surface area contributed by atoms with Crippen molar-refractivity contribution in [3.8, 4) is 0 Å². The molecule has 0 radical (unpaired) electrons. The third-order valence-corrected chi connectivity index (χ3v) is 3.40. The smallest absolute Gasteiger partial charge is 0.305 e. The number of unbranched alkanes of at least 4 members (excludes halogenated alkanes) is 4. The largest absolute Gasteiger partial charge is 0.466 e.